The first-order valence-electron chi connectivity index (χ1n) is 9.88. The van der Waals surface area contributed by atoms with E-state index in [1.54, 1.807) is 13.0 Å². The Balaban J connectivity index is 1.55. The third-order valence-electron chi connectivity index (χ3n) is 5.49. The maximum atomic E-state index is 13.4. The second kappa shape index (κ2) is 8.39. The molecule has 0 spiro atoms. The highest BCUT2D eigenvalue weighted by Crippen LogP contribution is 2.32. The van der Waals surface area contributed by atoms with Crippen molar-refractivity contribution in [3.63, 3.8) is 0 Å². The average molecular weight is 441 g/mol. The van der Waals surface area contributed by atoms with Gasteiger partial charge in [0.2, 0.25) is 0 Å². The first kappa shape index (κ1) is 20.9. The second-order valence-corrected chi connectivity index (χ2v) is 7.92. The van der Waals surface area contributed by atoms with Crippen LogP contribution < -0.4 is 4.90 Å². The topological polar surface area (TPSA) is 92.7 Å². The predicted molar refractivity (Wildman–Crippen MR) is 117 cm³/mol. The van der Waals surface area contributed by atoms with Crippen LogP contribution in [0.1, 0.15) is 23.0 Å². The number of piperazine rings is 1. The number of rotatable bonds is 4. The van der Waals surface area contributed by atoms with Crippen molar-refractivity contribution in [2.75, 3.05) is 24.5 Å². The molecule has 0 N–H and O–H groups in total. The summed E-state index contributed by atoms with van der Waals surface area (Å²) in [7, 11) is 0. The fraction of sp³-hybridized carbons (Fsp3) is 0.273. The number of aromatic nitrogens is 1. The van der Waals surface area contributed by atoms with Crippen molar-refractivity contribution in [1.82, 2.24) is 10.1 Å². The number of halogens is 1. The number of non-ortho nitro benzene ring substituents is 1. The first-order chi connectivity index (χ1) is 14.9. The average Bonchev–Trinajstić information content (AvgIpc) is 3.15. The number of anilines is 1. The van der Waals surface area contributed by atoms with Crippen LogP contribution in [0.2, 0.25) is 5.02 Å². The minimum Gasteiger partial charge on any atom is -0.366 e. The highest BCUT2D eigenvalue weighted by molar-refractivity contribution is 6.33. The number of nitro groups is 1. The maximum Gasteiger partial charge on any atom is 0.271 e. The lowest BCUT2D eigenvalue weighted by molar-refractivity contribution is -0.384. The molecule has 0 unspecified atom stereocenters. The van der Waals surface area contributed by atoms with Gasteiger partial charge in [-0.05, 0) is 19.9 Å². The van der Waals surface area contributed by atoms with E-state index in [9.17, 15) is 14.9 Å². The Labute approximate surface area is 184 Å². The highest BCUT2D eigenvalue weighted by atomic mass is 35.5. The summed E-state index contributed by atoms with van der Waals surface area (Å²) < 4.78 is 5.35. The monoisotopic (exact) mass is 440 g/mol. The number of aryl methyl sites for hydroxylation is 1. The SMILES string of the molecule is Cc1onc(-c2ccccc2)c1C(=O)N1CCN(c2ccc([N+](=O)[O-])cc2Cl)C[C@H]1C. The number of nitro benzene ring substituents is 1. The lowest BCUT2D eigenvalue weighted by Gasteiger charge is -2.41. The van der Waals surface area contributed by atoms with Gasteiger partial charge in [-0.3, -0.25) is 14.9 Å². The van der Waals surface area contributed by atoms with E-state index in [0.717, 1.165) is 11.3 Å². The van der Waals surface area contributed by atoms with Crippen molar-refractivity contribution in [2.45, 2.75) is 19.9 Å². The van der Waals surface area contributed by atoms with E-state index in [1.165, 1.54) is 12.1 Å². The van der Waals surface area contributed by atoms with Crippen molar-refractivity contribution >= 4 is 28.9 Å². The summed E-state index contributed by atoms with van der Waals surface area (Å²) in [5, 5.41) is 15.4. The van der Waals surface area contributed by atoms with Gasteiger partial charge in [0, 0.05) is 43.4 Å². The minimum absolute atomic E-state index is 0.0491. The molecule has 2 aromatic carbocycles. The van der Waals surface area contributed by atoms with Gasteiger partial charge in [0.15, 0.2) is 0 Å². The smallest absolute Gasteiger partial charge is 0.271 e. The quantitative estimate of drug-likeness (QED) is 0.436. The van der Waals surface area contributed by atoms with Crippen LogP contribution in [0.4, 0.5) is 11.4 Å². The van der Waals surface area contributed by atoms with Gasteiger partial charge >= 0.3 is 0 Å². The molecule has 2 heterocycles. The zero-order valence-electron chi connectivity index (χ0n) is 17.1. The van der Waals surface area contributed by atoms with Gasteiger partial charge in [-0.1, -0.05) is 47.1 Å². The molecule has 1 saturated heterocycles. The fourth-order valence-corrected chi connectivity index (χ4v) is 4.20. The van der Waals surface area contributed by atoms with E-state index in [0.29, 0.717) is 41.7 Å². The van der Waals surface area contributed by atoms with Crippen molar-refractivity contribution in [3.05, 3.63) is 75.0 Å². The molecule has 1 fully saturated rings. The van der Waals surface area contributed by atoms with Crippen molar-refractivity contribution in [1.29, 1.82) is 0 Å². The highest BCUT2D eigenvalue weighted by Gasteiger charge is 2.33. The molecule has 1 atom stereocenters. The Bertz CT molecular complexity index is 1130. The maximum absolute atomic E-state index is 13.4. The fourth-order valence-electron chi connectivity index (χ4n) is 3.90. The van der Waals surface area contributed by atoms with Gasteiger partial charge in [-0.2, -0.15) is 0 Å². The molecule has 1 aliphatic heterocycles. The van der Waals surface area contributed by atoms with Gasteiger partial charge in [-0.25, -0.2) is 0 Å². The van der Waals surface area contributed by atoms with E-state index in [4.69, 9.17) is 16.1 Å². The molecule has 4 rings (SSSR count). The molecule has 1 amide bonds. The summed E-state index contributed by atoms with van der Waals surface area (Å²) in [6.45, 7) is 5.29. The summed E-state index contributed by atoms with van der Waals surface area (Å²) in [6, 6.07) is 13.8. The number of benzene rings is 2. The molecule has 9 heteroatoms. The molecule has 8 nitrogen and oxygen atoms in total. The lowest BCUT2D eigenvalue weighted by atomic mass is 10.0. The number of nitrogens with zero attached hydrogens (tertiary/aromatic N) is 4. The molecule has 160 valence electrons. The zero-order valence-corrected chi connectivity index (χ0v) is 17.9. The summed E-state index contributed by atoms with van der Waals surface area (Å²) >= 11 is 6.30. The molecular weight excluding hydrogens is 420 g/mol. The van der Waals surface area contributed by atoms with Crippen LogP contribution >= 0.6 is 11.6 Å². The molecule has 0 aliphatic carbocycles. The van der Waals surface area contributed by atoms with Gasteiger partial charge in [-0.15, -0.1) is 0 Å². The third-order valence-corrected chi connectivity index (χ3v) is 5.80. The second-order valence-electron chi connectivity index (χ2n) is 7.51. The van der Waals surface area contributed by atoms with Gasteiger partial charge in [0.05, 0.1) is 15.6 Å². The normalized spacial score (nSPS) is 16.4. The number of amides is 1. The van der Waals surface area contributed by atoms with Crippen molar-refractivity contribution < 1.29 is 14.2 Å². The number of carbonyl (C=O) groups excluding carboxylic acids is 1. The first-order valence-corrected chi connectivity index (χ1v) is 10.3. The summed E-state index contributed by atoms with van der Waals surface area (Å²) in [5.74, 6) is 0.358. The molecule has 3 aromatic rings. The molecule has 0 radical (unpaired) electrons. The van der Waals surface area contributed by atoms with E-state index in [-0.39, 0.29) is 17.6 Å². The Morgan fingerprint density at radius 1 is 1.23 bits per heavy atom. The van der Waals surface area contributed by atoms with Crippen LogP contribution in [-0.4, -0.2) is 46.6 Å². The van der Waals surface area contributed by atoms with Crippen molar-refractivity contribution in [2.24, 2.45) is 0 Å². The van der Waals surface area contributed by atoms with Crippen LogP contribution in [0.15, 0.2) is 53.1 Å². The van der Waals surface area contributed by atoms with Gasteiger partial charge < -0.3 is 14.3 Å². The summed E-state index contributed by atoms with van der Waals surface area (Å²) in [4.78, 5) is 27.8. The van der Waals surface area contributed by atoms with Crippen LogP contribution in [0.5, 0.6) is 0 Å². The number of hydrogen-bond acceptors (Lipinski definition) is 6. The summed E-state index contributed by atoms with van der Waals surface area (Å²) in [5.41, 5.74) is 2.51. The Morgan fingerprint density at radius 3 is 2.61 bits per heavy atom. The number of carbonyl (C=O) groups is 1. The van der Waals surface area contributed by atoms with Crippen LogP contribution in [0, 0.1) is 17.0 Å². The van der Waals surface area contributed by atoms with Gasteiger partial charge in [0.25, 0.3) is 11.6 Å². The van der Waals surface area contributed by atoms with E-state index in [2.05, 4.69) is 5.16 Å². The predicted octanol–water partition coefficient (Wildman–Crippen LogP) is 4.56. The summed E-state index contributed by atoms with van der Waals surface area (Å²) in [6.07, 6.45) is 0. The molecule has 0 saturated carbocycles. The minimum atomic E-state index is -0.472. The zero-order chi connectivity index (χ0) is 22.1. The molecular formula is C22H21ClN4O4. The van der Waals surface area contributed by atoms with E-state index >= 15 is 0 Å². The third kappa shape index (κ3) is 3.98. The molecule has 1 aliphatic rings. The van der Waals surface area contributed by atoms with E-state index in [1.807, 2.05) is 47.1 Å². The Morgan fingerprint density at radius 2 is 1.97 bits per heavy atom. The molecule has 0 bridgehead atoms. The van der Waals surface area contributed by atoms with E-state index < -0.39 is 4.92 Å². The van der Waals surface area contributed by atoms with Gasteiger partial charge in [0.1, 0.15) is 17.0 Å². The van der Waals surface area contributed by atoms with Crippen LogP contribution in [0.25, 0.3) is 11.3 Å². The lowest BCUT2D eigenvalue weighted by Crippen LogP contribution is -2.54. The van der Waals surface area contributed by atoms with Crippen LogP contribution in [-0.2, 0) is 0 Å². The van der Waals surface area contributed by atoms with Crippen LogP contribution in [0.3, 0.4) is 0 Å². The molecule has 1 aromatic heterocycles. The standard InChI is InChI=1S/C22H21ClN4O4/c1-14-13-25(19-9-8-17(27(29)30)12-18(19)23)10-11-26(14)22(28)20-15(2)31-24-21(20)16-6-4-3-5-7-16/h3-9,12,14H,10-11,13H2,1-2H3/t14-/m1/s1. The largest absolute Gasteiger partial charge is 0.366 e. The van der Waals surface area contributed by atoms with Crippen molar-refractivity contribution in [3.8, 4) is 11.3 Å². The Kier molecular flexibility index (Phi) is 5.65. The number of hydrogen-bond donors (Lipinski definition) is 0. The molecule has 31 heavy (non-hydrogen) atoms. The Hall–Kier alpha value is -3.39.